The topological polar surface area (TPSA) is 47.5 Å². The molecule has 0 N–H and O–H groups in total. The summed E-state index contributed by atoms with van der Waals surface area (Å²) in [5.41, 5.74) is 0. The van der Waals surface area contributed by atoms with Crippen molar-refractivity contribution < 1.29 is 9.47 Å². The average molecular weight is 237 g/mol. The zero-order chi connectivity index (χ0) is 12.3. The molecule has 0 amide bonds. The van der Waals surface area contributed by atoms with Crippen molar-refractivity contribution in [3.63, 3.8) is 0 Å². The lowest BCUT2D eigenvalue weighted by molar-refractivity contribution is 0.248. The molecular weight excluding hydrogens is 218 g/mol. The van der Waals surface area contributed by atoms with Crippen LogP contribution in [0, 0.1) is 0 Å². The predicted octanol–water partition coefficient (Wildman–Crippen LogP) is 1.30. The van der Waals surface area contributed by atoms with Crippen LogP contribution in [0.25, 0.3) is 0 Å². The zero-order valence-electron chi connectivity index (χ0n) is 10.6. The number of piperidine rings is 1. The van der Waals surface area contributed by atoms with E-state index in [1.54, 1.807) is 20.3 Å². The number of hydrogen-bond acceptors (Lipinski definition) is 5. The van der Waals surface area contributed by atoms with Crippen molar-refractivity contribution in [1.82, 2.24) is 14.9 Å². The van der Waals surface area contributed by atoms with Gasteiger partial charge in [0.2, 0.25) is 11.8 Å². The maximum atomic E-state index is 5.17. The van der Waals surface area contributed by atoms with E-state index < -0.39 is 0 Å². The molecule has 0 aromatic carbocycles. The summed E-state index contributed by atoms with van der Waals surface area (Å²) in [5, 5.41) is 0. The Bertz CT molecular complexity index is 354. The molecule has 1 aromatic rings. The van der Waals surface area contributed by atoms with E-state index in [9.17, 15) is 0 Å². The average Bonchev–Trinajstić information content (AvgIpc) is 2.39. The molecule has 0 unspecified atom stereocenters. The van der Waals surface area contributed by atoms with E-state index in [0.717, 1.165) is 31.8 Å². The molecule has 0 spiro atoms. The maximum Gasteiger partial charge on any atom is 0.220 e. The largest absolute Gasteiger partial charge is 0.481 e. The van der Waals surface area contributed by atoms with Gasteiger partial charge in [0.1, 0.15) is 5.82 Å². The second-order valence-corrected chi connectivity index (χ2v) is 4.39. The van der Waals surface area contributed by atoms with Crippen LogP contribution in [0.5, 0.6) is 11.8 Å². The van der Waals surface area contributed by atoms with Crippen LogP contribution in [0.1, 0.15) is 24.6 Å². The standard InChI is InChI=1S/C12H19N3O2/c1-15-6-4-9(5-7-15)12-13-10(16-2)8-11(14-12)17-3/h8-9H,4-7H2,1-3H3. The number of methoxy groups -OCH3 is 2. The minimum Gasteiger partial charge on any atom is -0.481 e. The molecule has 0 saturated carbocycles. The van der Waals surface area contributed by atoms with Crippen LogP contribution in [-0.4, -0.2) is 49.2 Å². The summed E-state index contributed by atoms with van der Waals surface area (Å²) in [6, 6.07) is 1.71. The summed E-state index contributed by atoms with van der Waals surface area (Å²) < 4.78 is 10.3. The maximum absolute atomic E-state index is 5.17. The van der Waals surface area contributed by atoms with E-state index in [-0.39, 0.29) is 0 Å². The molecule has 2 heterocycles. The van der Waals surface area contributed by atoms with Crippen molar-refractivity contribution >= 4 is 0 Å². The van der Waals surface area contributed by atoms with Gasteiger partial charge in [-0.05, 0) is 33.0 Å². The van der Waals surface area contributed by atoms with Crippen LogP contribution in [0.3, 0.4) is 0 Å². The highest BCUT2D eigenvalue weighted by molar-refractivity contribution is 5.22. The van der Waals surface area contributed by atoms with E-state index in [4.69, 9.17) is 9.47 Å². The van der Waals surface area contributed by atoms with Gasteiger partial charge in [-0.1, -0.05) is 0 Å². The van der Waals surface area contributed by atoms with E-state index in [1.165, 1.54) is 0 Å². The Labute approximate surface area is 102 Å². The van der Waals surface area contributed by atoms with Gasteiger partial charge < -0.3 is 14.4 Å². The van der Waals surface area contributed by atoms with Gasteiger partial charge in [-0.3, -0.25) is 0 Å². The number of ether oxygens (including phenoxy) is 2. The second-order valence-electron chi connectivity index (χ2n) is 4.39. The molecule has 1 saturated heterocycles. The number of aromatic nitrogens is 2. The van der Waals surface area contributed by atoms with Crippen LogP contribution in [0.15, 0.2) is 6.07 Å². The molecule has 1 aromatic heterocycles. The monoisotopic (exact) mass is 237 g/mol. The zero-order valence-corrected chi connectivity index (χ0v) is 10.6. The minimum atomic E-state index is 0.412. The molecular formula is C12H19N3O2. The molecule has 0 bridgehead atoms. The predicted molar refractivity (Wildman–Crippen MR) is 64.6 cm³/mol. The third-order valence-corrected chi connectivity index (χ3v) is 3.20. The molecule has 0 atom stereocenters. The Hall–Kier alpha value is -1.36. The molecule has 5 heteroatoms. The summed E-state index contributed by atoms with van der Waals surface area (Å²) in [6.45, 7) is 2.18. The number of rotatable bonds is 3. The van der Waals surface area contributed by atoms with Gasteiger partial charge in [0.05, 0.1) is 20.3 Å². The Balaban J connectivity index is 2.19. The summed E-state index contributed by atoms with van der Waals surface area (Å²) in [7, 11) is 5.36. The summed E-state index contributed by atoms with van der Waals surface area (Å²) in [4.78, 5) is 11.2. The SMILES string of the molecule is COc1cc(OC)nc(C2CCN(C)CC2)n1. The highest BCUT2D eigenvalue weighted by Gasteiger charge is 2.22. The molecule has 5 nitrogen and oxygen atoms in total. The van der Waals surface area contributed by atoms with Gasteiger partial charge in [0.15, 0.2) is 0 Å². The Morgan fingerprint density at radius 2 is 1.65 bits per heavy atom. The Morgan fingerprint density at radius 1 is 1.12 bits per heavy atom. The Kier molecular flexibility index (Phi) is 3.78. The van der Waals surface area contributed by atoms with Gasteiger partial charge >= 0.3 is 0 Å². The van der Waals surface area contributed by atoms with Gasteiger partial charge in [-0.25, -0.2) is 0 Å². The van der Waals surface area contributed by atoms with Crippen molar-refractivity contribution in [2.24, 2.45) is 0 Å². The molecule has 1 aliphatic heterocycles. The lowest BCUT2D eigenvalue weighted by Crippen LogP contribution is -2.30. The molecule has 17 heavy (non-hydrogen) atoms. The van der Waals surface area contributed by atoms with Gasteiger partial charge in [-0.2, -0.15) is 9.97 Å². The fraction of sp³-hybridized carbons (Fsp3) is 0.667. The van der Waals surface area contributed by atoms with Gasteiger partial charge in [0, 0.05) is 5.92 Å². The molecule has 0 aliphatic carbocycles. The number of likely N-dealkylation sites (tertiary alicyclic amines) is 1. The van der Waals surface area contributed by atoms with Crippen LogP contribution >= 0.6 is 0 Å². The summed E-state index contributed by atoms with van der Waals surface area (Å²) in [5.74, 6) is 2.40. The second kappa shape index (κ2) is 5.31. The van der Waals surface area contributed by atoms with Crippen LogP contribution in [0.4, 0.5) is 0 Å². The van der Waals surface area contributed by atoms with E-state index >= 15 is 0 Å². The van der Waals surface area contributed by atoms with E-state index in [2.05, 4.69) is 21.9 Å². The quantitative estimate of drug-likeness (QED) is 0.793. The summed E-state index contributed by atoms with van der Waals surface area (Å²) in [6.07, 6.45) is 2.18. The first-order chi connectivity index (χ1) is 8.22. The van der Waals surface area contributed by atoms with Gasteiger partial charge in [0.25, 0.3) is 0 Å². The molecule has 1 fully saturated rings. The third-order valence-electron chi connectivity index (χ3n) is 3.20. The van der Waals surface area contributed by atoms with Crippen molar-refractivity contribution in [2.75, 3.05) is 34.4 Å². The van der Waals surface area contributed by atoms with Crippen LogP contribution < -0.4 is 9.47 Å². The fourth-order valence-corrected chi connectivity index (χ4v) is 2.08. The van der Waals surface area contributed by atoms with E-state index in [0.29, 0.717) is 17.7 Å². The van der Waals surface area contributed by atoms with Gasteiger partial charge in [-0.15, -0.1) is 0 Å². The lowest BCUT2D eigenvalue weighted by atomic mass is 9.96. The minimum absolute atomic E-state index is 0.412. The van der Waals surface area contributed by atoms with Crippen molar-refractivity contribution in [3.8, 4) is 11.8 Å². The molecule has 0 radical (unpaired) electrons. The van der Waals surface area contributed by atoms with Crippen LogP contribution in [0.2, 0.25) is 0 Å². The number of nitrogens with zero attached hydrogens (tertiary/aromatic N) is 3. The van der Waals surface area contributed by atoms with Crippen LogP contribution in [-0.2, 0) is 0 Å². The number of hydrogen-bond donors (Lipinski definition) is 0. The Morgan fingerprint density at radius 3 is 2.12 bits per heavy atom. The highest BCUT2D eigenvalue weighted by atomic mass is 16.5. The first-order valence-corrected chi connectivity index (χ1v) is 5.88. The first kappa shape index (κ1) is 12.1. The molecule has 1 aliphatic rings. The lowest BCUT2D eigenvalue weighted by Gasteiger charge is -2.28. The molecule has 2 rings (SSSR count). The smallest absolute Gasteiger partial charge is 0.220 e. The highest BCUT2D eigenvalue weighted by Crippen LogP contribution is 2.27. The fourth-order valence-electron chi connectivity index (χ4n) is 2.08. The third kappa shape index (κ3) is 2.85. The molecule has 94 valence electrons. The normalized spacial score (nSPS) is 18.1. The van der Waals surface area contributed by atoms with Crippen molar-refractivity contribution in [2.45, 2.75) is 18.8 Å². The first-order valence-electron chi connectivity index (χ1n) is 5.88. The van der Waals surface area contributed by atoms with Crippen molar-refractivity contribution in [1.29, 1.82) is 0 Å². The van der Waals surface area contributed by atoms with E-state index in [1.807, 2.05) is 0 Å². The van der Waals surface area contributed by atoms with Crippen molar-refractivity contribution in [3.05, 3.63) is 11.9 Å². The summed E-state index contributed by atoms with van der Waals surface area (Å²) >= 11 is 0.